The summed E-state index contributed by atoms with van der Waals surface area (Å²) in [4.78, 5) is 12.3. The van der Waals surface area contributed by atoms with Crippen LogP contribution in [0.2, 0.25) is 0 Å². The van der Waals surface area contributed by atoms with Gasteiger partial charge in [-0.2, -0.15) is 5.10 Å². The maximum Gasteiger partial charge on any atom is 0.272 e. The van der Waals surface area contributed by atoms with E-state index in [1.807, 2.05) is 24.3 Å². The van der Waals surface area contributed by atoms with Crippen molar-refractivity contribution in [1.29, 1.82) is 0 Å². The van der Waals surface area contributed by atoms with Gasteiger partial charge in [0.2, 0.25) is 0 Å². The molecule has 106 valence electrons. The number of amides is 1. The summed E-state index contributed by atoms with van der Waals surface area (Å²) in [6.07, 6.45) is 0.471. The Morgan fingerprint density at radius 2 is 2.15 bits per heavy atom. The van der Waals surface area contributed by atoms with E-state index >= 15 is 0 Å². The normalized spacial score (nSPS) is 21.1. The maximum absolute atomic E-state index is 12.3. The van der Waals surface area contributed by atoms with Crippen molar-refractivity contribution in [3.05, 3.63) is 30.0 Å². The number of nitrogens with one attached hydrogen (secondary N) is 1. The highest BCUT2D eigenvalue weighted by molar-refractivity contribution is 7.91. The van der Waals surface area contributed by atoms with Crippen LogP contribution in [0.3, 0.4) is 0 Å². The molecule has 1 atom stereocenters. The topological polar surface area (TPSA) is 81.1 Å². The number of nitrogens with zero attached hydrogens (tertiary/aromatic N) is 2. The largest absolute Gasteiger partial charge is 0.347 e. The van der Waals surface area contributed by atoms with Gasteiger partial charge in [-0.25, -0.2) is 8.42 Å². The van der Waals surface area contributed by atoms with E-state index in [2.05, 4.69) is 10.4 Å². The van der Waals surface area contributed by atoms with Gasteiger partial charge >= 0.3 is 0 Å². The average molecular weight is 293 g/mol. The number of benzene rings is 1. The van der Waals surface area contributed by atoms with Gasteiger partial charge in [0, 0.05) is 18.5 Å². The first-order valence-electron chi connectivity index (χ1n) is 6.39. The monoisotopic (exact) mass is 293 g/mol. The molecular weight excluding hydrogens is 278 g/mol. The number of carbonyl (C=O) groups excluding carboxylic acids is 1. The molecule has 1 fully saturated rings. The molecule has 0 bridgehead atoms. The minimum Gasteiger partial charge on any atom is -0.347 e. The van der Waals surface area contributed by atoms with E-state index in [0.29, 0.717) is 12.1 Å². The van der Waals surface area contributed by atoms with Gasteiger partial charge in [0.25, 0.3) is 5.91 Å². The first-order chi connectivity index (χ1) is 9.46. The van der Waals surface area contributed by atoms with E-state index in [0.717, 1.165) is 10.9 Å². The Labute approximate surface area is 116 Å². The van der Waals surface area contributed by atoms with Gasteiger partial charge in [-0.1, -0.05) is 18.2 Å². The number of aryl methyl sites for hydroxylation is 1. The number of rotatable bonds is 2. The summed E-state index contributed by atoms with van der Waals surface area (Å²) < 4.78 is 24.5. The first-order valence-corrected chi connectivity index (χ1v) is 8.21. The lowest BCUT2D eigenvalue weighted by Crippen LogP contribution is -2.35. The van der Waals surface area contributed by atoms with Crippen LogP contribution in [0.25, 0.3) is 10.9 Å². The van der Waals surface area contributed by atoms with E-state index in [-0.39, 0.29) is 23.5 Å². The molecule has 1 saturated heterocycles. The van der Waals surface area contributed by atoms with Gasteiger partial charge in [0.05, 0.1) is 17.0 Å². The Morgan fingerprint density at radius 3 is 2.85 bits per heavy atom. The fraction of sp³-hybridized carbons (Fsp3) is 0.385. The number of hydrogen-bond donors (Lipinski definition) is 1. The van der Waals surface area contributed by atoms with E-state index < -0.39 is 9.84 Å². The Kier molecular flexibility index (Phi) is 3.01. The molecule has 0 unspecified atom stereocenters. The summed E-state index contributed by atoms with van der Waals surface area (Å²) in [5, 5.41) is 7.76. The smallest absolute Gasteiger partial charge is 0.272 e. The Hall–Kier alpha value is -1.89. The number of sulfone groups is 1. The van der Waals surface area contributed by atoms with E-state index in [1.165, 1.54) is 0 Å². The van der Waals surface area contributed by atoms with Crippen molar-refractivity contribution in [2.45, 2.75) is 12.5 Å². The van der Waals surface area contributed by atoms with Crippen LogP contribution in [0, 0.1) is 0 Å². The molecule has 0 radical (unpaired) electrons. The molecule has 2 heterocycles. The van der Waals surface area contributed by atoms with E-state index in [1.54, 1.807) is 11.7 Å². The van der Waals surface area contributed by atoms with Gasteiger partial charge < -0.3 is 5.32 Å². The molecule has 2 aromatic rings. The standard InChI is InChI=1S/C13H15N3O3S/c1-16-11-5-3-2-4-10(11)12(15-16)13(17)14-9-6-7-20(18,19)8-9/h2-5,9H,6-8H2,1H3,(H,14,17)/t9-/m0/s1. The Bertz CT molecular complexity index is 779. The number of para-hydroxylation sites is 1. The van der Waals surface area contributed by atoms with Crippen molar-refractivity contribution >= 4 is 26.6 Å². The second-order valence-corrected chi connectivity index (χ2v) is 7.29. The van der Waals surface area contributed by atoms with Crippen molar-refractivity contribution < 1.29 is 13.2 Å². The van der Waals surface area contributed by atoms with Crippen LogP contribution < -0.4 is 5.32 Å². The summed E-state index contributed by atoms with van der Waals surface area (Å²) in [7, 11) is -1.22. The van der Waals surface area contributed by atoms with Gasteiger partial charge in [-0.15, -0.1) is 0 Å². The number of fused-ring (bicyclic) bond motifs is 1. The predicted molar refractivity (Wildman–Crippen MR) is 75.2 cm³/mol. The molecule has 3 rings (SSSR count). The molecule has 0 saturated carbocycles. The zero-order valence-electron chi connectivity index (χ0n) is 11.0. The highest BCUT2D eigenvalue weighted by Crippen LogP contribution is 2.18. The first kappa shape index (κ1) is 13.1. The van der Waals surface area contributed by atoms with Crippen LogP contribution in [0.15, 0.2) is 24.3 Å². The fourth-order valence-electron chi connectivity index (χ4n) is 2.54. The third-order valence-corrected chi connectivity index (χ3v) is 5.31. The molecule has 1 aliphatic heterocycles. The molecule has 1 aromatic carbocycles. The quantitative estimate of drug-likeness (QED) is 0.874. The van der Waals surface area contributed by atoms with Gasteiger partial charge in [0.15, 0.2) is 15.5 Å². The van der Waals surface area contributed by atoms with E-state index in [9.17, 15) is 13.2 Å². The SMILES string of the molecule is Cn1nc(C(=O)N[C@H]2CCS(=O)(=O)C2)c2ccccc21. The molecule has 20 heavy (non-hydrogen) atoms. The van der Waals surface area contributed by atoms with Crippen molar-refractivity contribution in [3.8, 4) is 0 Å². The fourth-order valence-corrected chi connectivity index (χ4v) is 4.22. The molecular formula is C13H15N3O3S. The van der Waals surface area contributed by atoms with Crippen LogP contribution in [0.5, 0.6) is 0 Å². The molecule has 0 spiro atoms. The third kappa shape index (κ3) is 2.29. The molecule has 7 heteroatoms. The lowest BCUT2D eigenvalue weighted by Gasteiger charge is -2.09. The van der Waals surface area contributed by atoms with Crippen molar-refractivity contribution in [1.82, 2.24) is 15.1 Å². The molecule has 1 amide bonds. The number of aromatic nitrogens is 2. The van der Waals surface area contributed by atoms with Crippen LogP contribution >= 0.6 is 0 Å². The summed E-state index contributed by atoms with van der Waals surface area (Å²) in [6, 6.07) is 7.14. The van der Waals surface area contributed by atoms with E-state index in [4.69, 9.17) is 0 Å². The predicted octanol–water partition coefficient (Wildman–Crippen LogP) is 0.490. The van der Waals surface area contributed by atoms with Crippen molar-refractivity contribution in [2.75, 3.05) is 11.5 Å². The number of hydrogen-bond acceptors (Lipinski definition) is 4. The Balaban J connectivity index is 1.87. The lowest BCUT2D eigenvalue weighted by atomic mass is 10.2. The zero-order valence-corrected chi connectivity index (χ0v) is 11.9. The summed E-state index contributed by atoms with van der Waals surface area (Å²) in [5.41, 5.74) is 1.21. The molecule has 6 nitrogen and oxygen atoms in total. The van der Waals surface area contributed by atoms with Crippen LogP contribution in [0.4, 0.5) is 0 Å². The van der Waals surface area contributed by atoms with Crippen molar-refractivity contribution in [3.63, 3.8) is 0 Å². The summed E-state index contributed by atoms with van der Waals surface area (Å²) in [6.45, 7) is 0. The Morgan fingerprint density at radius 1 is 1.40 bits per heavy atom. The lowest BCUT2D eigenvalue weighted by molar-refractivity contribution is 0.0937. The molecule has 1 aliphatic rings. The van der Waals surface area contributed by atoms with Crippen LogP contribution in [-0.4, -0.2) is 41.7 Å². The van der Waals surface area contributed by atoms with Crippen molar-refractivity contribution in [2.24, 2.45) is 7.05 Å². The number of carbonyl (C=O) groups is 1. The van der Waals surface area contributed by atoms with Crippen LogP contribution in [-0.2, 0) is 16.9 Å². The van der Waals surface area contributed by atoms with Crippen LogP contribution in [0.1, 0.15) is 16.9 Å². The highest BCUT2D eigenvalue weighted by Gasteiger charge is 2.30. The van der Waals surface area contributed by atoms with Gasteiger partial charge in [-0.3, -0.25) is 9.48 Å². The molecule has 0 aliphatic carbocycles. The second-order valence-electron chi connectivity index (χ2n) is 5.06. The summed E-state index contributed by atoms with van der Waals surface area (Å²) >= 11 is 0. The van der Waals surface area contributed by atoms with Gasteiger partial charge in [-0.05, 0) is 12.5 Å². The highest BCUT2D eigenvalue weighted by atomic mass is 32.2. The zero-order chi connectivity index (χ0) is 14.3. The maximum atomic E-state index is 12.3. The minimum absolute atomic E-state index is 0.0174. The minimum atomic E-state index is -3.00. The third-order valence-electron chi connectivity index (χ3n) is 3.54. The molecule has 1 N–H and O–H groups in total. The summed E-state index contributed by atoms with van der Waals surface area (Å²) in [5.74, 6) is -0.159. The van der Waals surface area contributed by atoms with Gasteiger partial charge in [0.1, 0.15) is 0 Å². The second kappa shape index (κ2) is 4.59. The average Bonchev–Trinajstić information content (AvgIpc) is 2.91. The molecule has 1 aromatic heterocycles.